The molecule has 0 bridgehead atoms. The molecule has 0 saturated carbocycles. The Kier molecular flexibility index (Phi) is 5.04. The van der Waals surface area contributed by atoms with Crippen LogP contribution in [0.5, 0.6) is 0 Å². The summed E-state index contributed by atoms with van der Waals surface area (Å²) in [6.07, 6.45) is 7.54. The van der Waals surface area contributed by atoms with Crippen LogP contribution in [-0.2, 0) is 0 Å². The summed E-state index contributed by atoms with van der Waals surface area (Å²) in [7, 11) is 0. The van der Waals surface area contributed by atoms with Crippen molar-refractivity contribution in [2.75, 3.05) is 0 Å². The summed E-state index contributed by atoms with van der Waals surface area (Å²) in [5.41, 5.74) is 2.32. The number of hydrogen-bond donors (Lipinski definition) is 1. The molecule has 1 N–H and O–H groups in total. The molecule has 3 nitrogen and oxygen atoms in total. The molecule has 2 atom stereocenters. The Labute approximate surface area is 115 Å². The van der Waals surface area contributed by atoms with Gasteiger partial charge in [-0.1, -0.05) is 43.7 Å². The molecule has 0 saturated heterocycles. The zero-order chi connectivity index (χ0) is 13.5. The molecule has 3 heteroatoms. The predicted octanol–water partition coefficient (Wildman–Crippen LogP) is 3.67. The van der Waals surface area contributed by atoms with Crippen LogP contribution >= 0.6 is 0 Å². The van der Waals surface area contributed by atoms with E-state index in [0.717, 1.165) is 18.5 Å². The van der Waals surface area contributed by atoms with Crippen molar-refractivity contribution in [2.45, 2.75) is 38.8 Å². The van der Waals surface area contributed by atoms with E-state index in [0.29, 0.717) is 6.04 Å². The van der Waals surface area contributed by atoms with Crippen LogP contribution in [-0.4, -0.2) is 9.97 Å². The minimum absolute atomic E-state index is 0.199. The summed E-state index contributed by atoms with van der Waals surface area (Å²) in [5.74, 6) is 0. The highest BCUT2D eigenvalue weighted by Gasteiger charge is 2.15. The topological polar surface area (TPSA) is 37.8 Å². The van der Waals surface area contributed by atoms with Gasteiger partial charge in [0.2, 0.25) is 0 Å². The van der Waals surface area contributed by atoms with E-state index >= 15 is 0 Å². The van der Waals surface area contributed by atoms with Gasteiger partial charge in [-0.05, 0) is 18.9 Å². The van der Waals surface area contributed by atoms with Gasteiger partial charge in [-0.25, -0.2) is 0 Å². The largest absolute Gasteiger partial charge is 0.302 e. The average Bonchev–Trinajstić information content (AvgIpc) is 2.48. The fourth-order valence-corrected chi connectivity index (χ4v) is 2.24. The van der Waals surface area contributed by atoms with Crippen LogP contribution in [0.3, 0.4) is 0 Å². The smallest absolute Gasteiger partial charge is 0.0753 e. The summed E-state index contributed by atoms with van der Waals surface area (Å²) in [4.78, 5) is 8.49. The van der Waals surface area contributed by atoms with Gasteiger partial charge in [0, 0.05) is 30.7 Å². The minimum Gasteiger partial charge on any atom is -0.302 e. The zero-order valence-electron chi connectivity index (χ0n) is 11.6. The molecule has 0 fully saturated rings. The lowest BCUT2D eigenvalue weighted by Gasteiger charge is -2.23. The number of nitrogens with zero attached hydrogens (tertiary/aromatic N) is 2. The van der Waals surface area contributed by atoms with Gasteiger partial charge < -0.3 is 5.32 Å². The van der Waals surface area contributed by atoms with E-state index in [1.807, 2.05) is 6.20 Å². The second-order valence-electron chi connectivity index (χ2n) is 4.77. The standard InChI is InChI=1S/C16H21N3/c1-3-7-15(14-8-5-4-6-9-14)19-13(2)16-12-17-10-11-18-16/h4-6,8-13,15,19H,3,7H2,1-2H3. The molecule has 1 aromatic carbocycles. The Morgan fingerprint density at radius 1 is 1.16 bits per heavy atom. The Hall–Kier alpha value is -1.74. The Bertz CT molecular complexity index is 470. The Balaban J connectivity index is 2.09. The molecule has 0 aliphatic heterocycles. The molecule has 100 valence electrons. The second kappa shape index (κ2) is 7.00. The third-order valence-corrected chi connectivity index (χ3v) is 3.26. The Morgan fingerprint density at radius 2 is 1.95 bits per heavy atom. The van der Waals surface area contributed by atoms with Crippen LogP contribution < -0.4 is 5.32 Å². The fraction of sp³-hybridized carbons (Fsp3) is 0.375. The van der Waals surface area contributed by atoms with Crippen molar-refractivity contribution in [3.8, 4) is 0 Å². The summed E-state index contributed by atoms with van der Waals surface area (Å²) in [6, 6.07) is 11.2. The number of benzene rings is 1. The Morgan fingerprint density at radius 3 is 2.58 bits per heavy atom. The van der Waals surface area contributed by atoms with E-state index < -0.39 is 0 Å². The predicted molar refractivity (Wildman–Crippen MR) is 77.7 cm³/mol. The third kappa shape index (κ3) is 3.86. The quantitative estimate of drug-likeness (QED) is 0.855. The first-order valence-electron chi connectivity index (χ1n) is 6.88. The van der Waals surface area contributed by atoms with Crippen molar-refractivity contribution in [1.29, 1.82) is 0 Å². The maximum Gasteiger partial charge on any atom is 0.0753 e. The van der Waals surface area contributed by atoms with E-state index in [1.165, 1.54) is 5.56 Å². The molecule has 0 aliphatic carbocycles. The van der Waals surface area contributed by atoms with Crippen molar-refractivity contribution in [3.63, 3.8) is 0 Å². The highest BCUT2D eigenvalue weighted by molar-refractivity contribution is 5.19. The van der Waals surface area contributed by atoms with Gasteiger partial charge in [-0.2, -0.15) is 0 Å². The van der Waals surface area contributed by atoms with E-state index in [2.05, 4.69) is 59.5 Å². The van der Waals surface area contributed by atoms with Crippen molar-refractivity contribution in [1.82, 2.24) is 15.3 Å². The molecule has 1 heterocycles. The summed E-state index contributed by atoms with van der Waals surface area (Å²) in [5, 5.41) is 3.65. The summed E-state index contributed by atoms with van der Waals surface area (Å²) < 4.78 is 0. The molecule has 0 spiro atoms. The van der Waals surface area contributed by atoms with E-state index in [9.17, 15) is 0 Å². The van der Waals surface area contributed by atoms with Crippen LogP contribution in [0.25, 0.3) is 0 Å². The van der Waals surface area contributed by atoms with Crippen LogP contribution in [0.15, 0.2) is 48.9 Å². The molecular formula is C16H21N3. The van der Waals surface area contributed by atoms with Crippen molar-refractivity contribution >= 4 is 0 Å². The molecule has 19 heavy (non-hydrogen) atoms. The van der Waals surface area contributed by atoms with Gasteiger partial charge in [0.15, 0.2) is 0 Å². The van der Waals surface area contributed by atoms with Gasteiger partial charge in [0.25, 0.3) is 0 Å². The van der Waals surface area contributed by atoms with E-state index in [4.69, 9.17) is 0 Å². The van der Waals surface area contributed by atoms with Crippen molar-refractivity contribution < 1.29 is 0 Å². The van der Waals surface area contributed by atoms with Gasteiger partial charge in [-0.3, -0.25) is 9.97 Å². The first kappa shape index (κ1) is 13.7. The van der Waals surface area contributed by atoms with Gasteiger partial charge in [-0.15, -0.1) is 0 Å². The maximum absolute atomic E-state index is 4.36. The van der Waals surface area contributed by atoms with Crippen LogP contribution in [0, 0.1) is 0 Å². The van der Waals surface area contributed by atoms with Gasteiger partial charge in [0.05, 0.1) is 5.69 Å². The lowest BCUT2D eigenvalue weighted by molar-refractivity contribution is 0.433. The first-order valence-corrected chi connectivity index (χ1v) is 6.88. The van der Waals surface area contributed by atoms with Gasteiger partial charge >= 0.3 is 0 Å². The molecule has 0 radical (unpaired) electrons. The summed E-state index contributed by atoms with van der Waals surface area (Å²) in [6.45, 7) is 4.35. The van der Waals surface area contributed by atoms with Crippen LogP contribution in [0.4, 0.5) is 0 Å². The SMILES string of the molecule is CCCC(NC(C)c1cnccn1)c1ccccc1. The van der Waals surface area contributed by atoms with E-state index in [-0.39, 0.29) is 6.04 Å². The highest BCUT2D eigenvalue weighted by Crippen LogP contribution is 2.22. The number of aromatic nitrogens is 2. The molecule has 1 aromatic heterocycles. The molecule has 0 aliphatic rings. The molecule has 2 aromatic rings. The number of nitrogens with one attached hydrogen (secondary N) is 1. The monoisotopic (exact) mass is 255 g/mol. The van der Waals surface area contributed by atoms with Crippen molar-refractivity contribution in [2.24, 2.45) is 0 Å². The fourth-order valence-electron chi connectivity index (χ4n) is 2.24. The summed E-state index contributed by atoms with van der Waals surface area (Å²) >= 11 is 0. The molecular weight excluding hydrogens is 234 g/mol. The van der Waals surface area contributed by atoms with Gasteiger partial charge in [0.1, 0.15) is 0 Å². The molecule has 2 rings (SSSR count). The number of rotatable bonds is 6. The maximum atomic E-state index is 4.36. The average molecular weight is 255 g/mol. The van der Waals surface area contributed by atoms with Crippen molar-refractivity contribution in [3.05, 3.63) is 60.2 Å². The molecule has 2 unspecified atom stereocenters. The first-order chi connectivity index (χ1) is 9.31. The normalized spacial score (nSPS) is 14.0. The molecule has 0 amide bonds. The second-order valence-corrected chi connectivity index (χ2v) is 4.77. The van der Waals surface area contributed by atoms with E-state index in [1.54, 1.807) is 12.4 Å². The van der Waals surface area contributed by atoms with Crippen LogP contribution in [0.1, 0.15) is 50.0 Å². The lowest BCUT2D eigenvalue weighted by Crippen LogP contribution is -2.25. The van der Waals surface area contributed by atoms with Crippen LogP contribution in [0.2, 0.25) is 0 Å². The lowest BCUT2D eigenvalue weighted by atomic mass is 10.0. The highest BCUT2D eigenvalue weighted by atomic mass is 15.0. The third-order valence-electron chi connectivity index (χ3n) is 3.26. The minimum atomic E-state index is 0.199. The number of hydrogen-bond acceptors (Lipinski definition) is 3. The zero-order valence-corrected chi connectivity index (χ0v) is 11.6.